The molecule has 0 aliphatic rings. The lowest BCUT2D eigenvalue weighted by Crippen LogP contribution is -2.22. The number of benzene rings is 2. The molecule has 2 aromatic rings. The van der Waals surface area contributed by atoms with Crippen LogP contribution in [0.5, 0.6) is 0 Å². The number of alkyl halides is 3. The Labute approximate surface area is 152 Å². The highest BCUT2D eigenvalue weighted by molar-refractivity contribution is 6.31. The van der Waals surface area contributed by atoms with Crippen molar-refractivity contribution >= 4 is 40.5 Å². The molecular weight excluding hydrogens is 371 g/mol. The Morgan fingerprint density at radius 3 is 2.12 bits per heavy atom. The maximum atomic E-state index is 12.8. The molecule has 0 aromatic heterocycles. The largest absolute Gasteiger partial charge is 0.417 e. The van der Waals surface area contributed by atoms with Gasteiger partial charge in [-0.3, -0.25) is 9.59 Å². The summed E-state index contributed by atoms with van der Waals surface area (Å²) in [5.74, 6) is -0.724. The molecule has 5 nitrogen and oxygen atoms in total. The number of carbonyl (C=O) groups excluding carboxylic acids is 2. The smallest absolute Gasteiger partial charge is 0.376 e. The first-order valence-electron chi connectivity index (χ1n) is 7.43. The van der Waals surface area contributed by atoms with Gasteiger partial charge in [-0.1, -0.05) is 11.6 Å². The second-order valence-corrected chi connectivity index (χ2v) is 5.76. The SMILES string of the molecule is CC(=O)Nc1ccc(NCC(=O)Nc2ccc(Cl)c(C(F)(F)F)c2)cc1. The highest BCUT2D eigenvalue weighted by atomic mass is 35.5. The predicted octanol–water partition coefficient (Wildman–Crippen LogP) is 4.37. The monoisotopic (exact) mass is 385 g/mol. The van der Waals surface area contributed by atoms with Gasteiger partial charge in [-0.05, 0) is 42.5 Å². The Morgan fingerprint density at radius 2 is 1.54 bits per heavy atom. The fourth-order valence-corrected chi connectivity index (χ4v) is 2.31. The molecule has 0 aliphatic carbocycles. The van der Waals surface area contributed by atoms with E-state index in [0.717, 1.165) is 12.1 Å². The molecule has 0 bridgehead atoms. The third kappa shape index (κ3) is 5.66. The van der Waals surface area contributed by atoms with E-state index in [4.69, 9.17) is 11.6 Å². The number of rotatable bonds is 5. The number of hydrogen-bond acceptors (Lipinski definition) is 3. The molecule has 138 valence electrons. The van der Waals surface area contributed by atoms with E-state index >= 15 is 0 Å². The van der Waals surface area contributed by atoms with Gasteiger partial charge >= 0.3 is 6.18 Å². The minimum Gasteiger partial charge on any atom is -0.376 e. The van der Waals surface area contributed by atoms with Crippen molar-refractivity contribution in [3.63, 3.8) is 0 Å². The van der Waals surface area contributed by atoms with Crippen LogP contribution in [0.25, 0.3) is 0 Å². The summed E-state index contributed by atoms with van der Waals surface area (Å²) in [6, 6.07) is 9.76. The van der Waals surface area contributed by atoms with Crippen LogP contribution < -0.4 is 16.0 Å². The molecule has 0 aliphatic heterocycles. The summed E-state index contributed by atoms with van der Waals surface area (Å²) < 4.78 is 38.4. The van der Waals surface area contributed by atoms with Crippen LogP contribution in [0.1, 0.15) is 12.5 Å². The molecule has 0 radical (unpaired) electrons. The molecule has 0 atom stereocenters. The van der Waals surface area contributed by atoms with Crippen LogP contribution in [0.15, 0.2) is 42.5 Å². The maximum Gasteiger partial charge on any atom is 0.417 e. The van der Waals surface area contributed by atoms with E-state index in [-0.39, 0.29) is 18.1 Å². The first kappa shape index (κ1) is 19.6. The van der Waals surface area contributed by atoms with Crippen LogP contribution in [0, 0.1) is 0 Å². The van der Waals surface area contributed by atoms with Crippen LogP contribution in [0.4, 0.5) is 30.2 Å². The lowest BCUT2D eigenvalue weighted by molar-refractivity contribution is -0.137. The molecule has 0 saturated heterocycles. The van der Waals surface area contributed by atoms with Gasteiger partial charge < -0.3 is 16.0 Å². The molecule has 3 N–H and O–H groups in total. The van der Waals surface area contributed by atoms with Crippen molar-refractivity contribution in [3.8, 4) is 0 Å². The standard InChI is InChI=1S/C17H15ClF3N3O2/c1-10(25)23-12-4-2-11(3-5-12)22-9-16(26)24-13-6-7-15(18)14(8-13)17(19,20)21/h2-8,22H,9H2,1H3,(H,23,25)(H,24,26). The van der Waals surface area contributed by atoms with Crippen LogP contribution in [-0.2, 0) is 15.8 Å². The Hall–Kier alpha value is -2.74. The lowest BCUT2D eigenvalue weighted by atomic mass is 10.2. The molecule has 0 heterocycles. The zero-order valence-corrected chi connectivity index (χ0v) is 14.3. The van der Waals surface area contributed by atoms with Gasteiger partial charge in [-0.25, -0.2) is 0 Å². The summed E-state index contributed by atoms with van der Waals surface area (Å²) in [4.78, 5) is 22.8. The van der Waals surface area contributed by atoms with Crippen LogP contribution in [-0.4, -0.2) is 18.4 Å². The molecule has 2 rings (SSSR count). The second kappa shape index (κ2) is 8.09. The summed E-state index contributed by atoms with van der Waals surface area (Å²) in [7, 11) is 0. The van der Waals surface area contributed by atoms with E-state index in [2.05, 4.69) is 16.0 Å². The zero-order valence-electron chi connectivity index (χ0n) is 13.6. The quantitative estimate of drug-likeness (QED) is 0.716. The van der Waals surface area contributed by atoms with Crippen LogP contribution in [0.2, 0.25) is 5.02 Å². The Morgan fingerprint density at radius 1 is 0.962 bits per heavy atom. The van der Waals surface area contributed by atoms with Gasteiger partial charge in [0.15, 0.2) is 0 Å². The topological polar surface area (TPSA) is 70.2 Å². The maximum absolute atomic E-state index is 12.8. The Balaban J connectivity index is 1.94. The van der Waals surface area contributed by atoms with Crippen molar-refractivity contribution in [1.82, 2.24) is 0 Å². The number of halogens is 4. The normalized spacial score (nSPS) is 11.0. The fraction of sp³-hybridized carbons (Fsp3) is 0.176. The van der Waals surface area contributed by atoms with Crippen molar-refractivity contribution in [1.29, 1.82) is 0 Å². The van der Waals surface area contributed by atoms with Gasteiger partial charge in [0, 0.05) is 24.0 Å². The number of hydrogen-bond donors (Lipinski definition) is 3. The molecule has 2 aromatic carbocycles. The molecular formula is C17H15ClF3N3O2. The summed E-state index contributed by atoms with van der Waals surface area (Å²) in [5, 5.41) is 7.37. The highest BCUT2D eigenvalue weighted by Crippen LogP contribution is 2.36. The van der Waals surface area contributed by atoms with Gasteiger partial charge in [0.2, 0.25) is 11.8 Å². The average molecular weight is 386 g/mol. The van der Waals surface area contributed by atoms with E-state index in [1.807, 2.05) is 0 Å². The number of carbonyl (C=O) groups is 2. The van der Waals surface area contributed by atoms with Crippen LogP contribution >= 0.6 is 11.6 Å². The first-order valence-corrected chi connectivity index (χ1v) is 7.81. The van der Waals surface area contributed by atoms with Crippen molar-refractivity contribution in [2.45, 2.75) is 13.1 Å². The molecule has 0 spiro atoms. The van der Waals surface area contributed by atoms with Gasteiger partial charge in [-0.15, -0.1) is 0 Å². The fourth-order valence-electron chi connectivity index (χ4n) is 2.08. The van der Waals surface area contributed by atoms with Crippen molar-refractivity contribution in [2.75, 3.05) is 22.5 Å². The Bertz CT molecular complexity index is 808. The van der Waals surface area contributed by atoms with Crippen molar-refractivity contribution < 1.29 is 22.8 Å². The average Bonchev–Trinajstić information content (AvgIpc) is 2.54. The molecule has 0 saturated carbocycles. The Kier molecular flexibility index (Phi) is 6.10. The van der Waals surface area contributed by atoms with E-state index in [1.165, 1.54) is 13.0 Å². The highest BCUT2D eigenvalue weighted by Gasteiger charge is 2.33. The summed E-state index contributed by atoms with van der Waals surface area (Å²) in [5.41, 5.74) is 0.197. The van der Waals surface area contributed by atoms with E-state index in [0.29, 0.717) is 11.4 Å². The summed E-state index contributed by atoms with van der Waals surface area (Å²) in [6.45, 7) is 1.24. The second-order valence-electron chi connectivity index (χ2n) is 5.35. The van der Waals surface area contributed by atoms with Crippen LogP contribution in [0.3, 0.4) is 0 Å². The van der Waals surface area contributed by atoms with E-state index < -0.39 is 22.7 Å². The zero-order chi connectivity index (χ0) is 19.3. The van der Waals surface area contributed by atoms with Gasteiger partial charge in [0.1, 0.15) is 0 Å². The van der Waals surface area contributed by atoms with Crippen molar-refractivity contribution in [3.05, 3.63) is 53.1 Å². The molecule has 26 heavy (non-hydrogen) atoms. The third-order valence-electron chi connectivity index (χ3n) is 3.21. The molecule has 0 unspecified atom stereocenters. The van der Waals surface area contributed by atoms with Gasteiger partial charge in [-0.2, -0.15) is 13.2 Å². The number of anilines is 3. The minimum atomic E-state index is -4.61. The molecule has 9 heteroatoms. The third-order valence-corrected chi connectivity index (χ3v) is 3.54. The molecule has 2 amide bonds. The lowest BCUT2D eigenvalue weighted by Gasteiger charge is -2.12. The number of amides is 2. The predicted molar refractivity (Wildman–Crippen MR) is 94.3 cm³/mol. The summed E-state index contributed by atoms with van der Waals surface area (Å²) in [6.07, 6.45) is -4.61. The van der Waals surface area contributed by atoms with E-state index in [1.54, 1.807) is 24.3 Å². The summed E-state index contributed by atoms with van der Waals surface area (Å²) >= 11 is 5.53. The van der Waals surface area contributed by atoms with Gasteiger partial charge in [0.05, 0.1) is 17.1 Å². The minimum absolute atomic E-state index is 0.00506. The molecule has 0 fully saturated rings. The van der Waals surface area contributed by atoms with Gasteiger partial charge in [0.25, 0.3) is 0 Å². The van der Waals surface area contributed by atoms with Crippen molar-refractivity contribution in [2.24, 2.45) is 0 Å². The van der Waals surface area contributed by atoms with E-state index in [9.17, 15) is 22.8 Å². The number of nitrogens with one attached hydrogen (secondary N) is 3. The first-order chi connectivity index (χ1) is 12.1.